The summed E-state index contributed by atoms with van der Waals surface area (Å²) in [6, 6.07) is 14.2. The van der Waals surface area contributed by atoms with E-state index >= 15 is 0 Å². The van der Waals surface area contributed by atoms with Crippen LogP contribution in [0.3, 0.4) is 0 Å². The summed E-state index contributed by atoms with van der Waals surface area (Å²) in [6.07, 6.45) is 4.59. The van der Waals surface area contributed by atoms with E-state index in [9.17, 15) is 9.36 Å². The van der Waals surface area contributed by atoms with Crippen molar-refractivity contribution in [1.29, 1.82) is 0 Å². The molecule has 11 heteroatoms. The zero-order valence-electron chi connectivity index (χ0n) is 22.1. The van der Waals surface area contributed by atoms with Gasteiger partial charge >= 0.3 is 18.9 Å². The van der Waals surface area contributed by atoms with Gasteiger partial charge in [-0.1, -0.05) is 42.9 Å². The second kappa shape index (κ2) is 14.4. The predicted octanol–water partition coefficient (Wildman–Crippen LogP) is 2.41. The van der Waals surface area contributed by atoms with Gasteiger partial charge in [-0.25, -0.2) is 4.98 Å². The topological polar surface area (TPSA) is 96.5 Å². The van der Waals surface area contributed by atoms with E-state index in [2.05, 4.69) is 40.2 Å². The maximum absolute atomic E-state index is 12.7. The zero-order valence-corrected chi connectivity index (χ0v) is 23.8. The van der Waals surface area contributed by atoms with Gasteiger partial charge in [0.1, 0.15) is 12.2 Å². The molecule has 196 valence electrons. The number of carbonyl (C=O) groups excluding carboxylic acids is 1. The van der Waals surface area contributed by atoms with Crippen LogP contribution in [0.2, 0.25) is 5.02 Å². The molecule has 3 aromatic rings. The van der Waals surface area contributed by atoms with Gasteiger partial charge < -0.3 is 31.8 Å². The molecule has 1 aromatic heterocycles. The number of aryl methyl sites for hydroxylation is 1. The number of nitrogens with one attached hydrogen (secondary N) is 2. The average molecular weight is 546 g/mol. The molecule has 1 heterocycles. The number of hydrogen-bond acceptors (Lipinski definition) is 7. The number of amides is 1. The quantitative estimate of drug-likeness (QED) is 0.119. The van der Waals surface area contributed by atoms with Gasteiger partial charge in [-0.05, 0) is 38.1 Å². The summed E-state index contributed by atoms with van der Waals surface area (Å²) in [5, 5.41) is 7.39. The predicted molar refractivity (Wildman–Crippen MR) is 151 cm³/mol. The third-order valence-corrected chi connectivity index (χ3v) is 7.01. The van der Waals surface area contributed by atoms with Crippen LogP contribution in [0.5, 0.6) is 5.75 Å². The normalized spacial score (nSPS) is 10.8. The fourth-order valence-corrected chi connectivity index (χ4v) is 4.72. The third-order valence-electron chi connectivity index (χ3n) is 5.18. The Kier molecular flexibility index (Phi) is 11.9. The second-order valence-corrected chi connectivity index (χ2v) is 12.1. The van der Waals surface area contributed by atoms with E-state index in [0.717, 1.165) is 5.56 Å². The Labute approximate surface area is 241 Å². The molecule has 0 aliphatic heterocycles. The number of ether oxygens (including phenoxy) is 1. The molecular weight excluding hydrogens is 516 g/mol. The molecule has 0 saturated heterocycles. The van der Waals surface area contributed by atoms with Gasteiger partial charge in [0, 0.05) is 11.1 Å². The van der Waals surface area contributed by atoms with E-state index in [4.69, 9.17) is 16.3 Å². The number of rotatable bonds is 12. The van der Waals surface area contributed by atoms with Crippen LogP contribution in [0, 0.1) is 26.3 Å². The number of anilines is 4. The van der Waals surface area contributed by atoms with Crippen molar-refractivity contribution < 1.29 is 33.0 Å². The standard InChI is InChI=1S/C27H30ClN5O3P.Li/c1-6-25(34)33(7-2)13-10-14-36-21-16-19(3)15-20(17-21)30-27-29-18-22(28)26(32-27)31-23-11-8-9-12-24(23)37(4,5)35;/h6,8-12,15,17-18H,1-2,7,13-14H2,3-5H3,(H2,29,30,31,32);/q-3;+1. The van der Waals surface area contributed by atoms with Gasteiger partial charge in [0.05, 0.1) is 11.9 Å². The fraction of sp³-hybridized carbons (Fsp3) is 0.222. The van der Waals surface area contributed by atoms with Crippen molar-refractivity contribution in [1.82, 2.24) is 14.9 Å². The van der Waals surface area contributed by atoms with Gasteiger partial charge in [-0.3, -0.25) is 11.2 Å². The number of hydrogen-bond donors (Lipinski definition) is 2. The first-order valence-corrected chi connectivity index (χ1v) is 14.5. The molecule has 8 nitrogen and oxygen atoms in total. The van der Waals surface area contributed by atoms with E-state index in [-0.39, 0.29) is 31.4 Å². The Balaban J connectivity index is 0.00000507. The van der Waals surface area contributed by atoms with E-state index in [1.165, 1.54) is 12.3 Å². The van der Waals surface area contributed by atoms with Crippen LogP contribution in [0.15, 0.2) is 55.3 Å². The summed E-state index contributed by atoms with van der Waals surface area (Å²) >= 11 is 6.35. The smallest absolute Gasteiger partial charge is 0.551 e. The minimum absolute atomic E-state index is 0. The second-order valence-electron chi connectivity index (χ2n) is 8.51. The van der Waals surface area contributed by atoms with Crippen LogP contribution >= 0.6 is 18.7 Å². The van der Waals surface area contributed by atoms with Crippen molar-refractivity contribution in [3.8, 4) is 5.75 Å². The number of para-hydroxylation sites is 1. The molecule has 0 aliphatic carbocycles. The molecule has 0 aliphatic rings. The first-order chi connectivity index (χ1) is 17.6. The van der Waals surface area contributed by atoms with Gasteiger partial charge in [-0.2, -0.15) is 10.5 Å². The van der Waals surface area contributed by atoms with Gasteiger partial charge in [0.25, 0.3) is 0 Å². The molecule has 38 heavy (non-hydrogen) atoms. The summed E-state index contributed by atoms with van der Waals surface area (Å²) in [4.78, 5) is 22.1. The SMILES string of the molecule is C=CC(=O)N(C[CH2-])C[CH-]COc1[c-]c(C)cc(Nc2ncc(Cl)c(Nc3ccccc3P(C)(C)=O)n2)c1.[Li+]. The molecule has 2 aromatic carbocycles. The maximum atomic E-state index is 12.7. The monoisotopic (exact) mass is 545 g/mol. The van der Waals surface area contributed by atoms with Crippen molar-refractivity contribution >= 4 is 53.1 Å². The summed E-state index contributed by atoms with van der Waals surface area (Å²) in [5.74, 6) is 1.04. The molecule has 0 spiro atoms. The van der Waals surface area contributed by atoms with Gasteiger partial charge in [0.15, 0.2) is 5.82 Å². The van der Waals surface area contributed by atoms with Crippen molar-refractivity contribution in [2.24, 2.45) is 0 Å². The van der Waals surface area contributed by atoms with Crippen LogP contribution in [-0.2, 0) is 9.36 Å². The van der Waals surface area contributed by atoms with Crippen LogP contribution in [0.1, 0.15) is 5.56 Å². The Morgan fingerprint density at radius 1 is 1.32 bits per heavy atom. The van der Waals surface area contributed by atoms with E-state index in [0.29, 0.717) is 52.3 Å². The largest absolute Gasteiger partial charge is 1.00 e. The summed E-state index contributed by atoms with van der Waals surface area (Å²) < 4.78 is 18.5. The van der Waals surface area contributed by atoms with Crippen LogP contribution < -0.4 is 39.5 Å². The summed E-state index contributed by atoms with van der Waals surface area (Å²) in [6.45, 7) is 13.6. The minimum Gasteiger partial charge on any atom is -0.551 e. The van der Waals surface area contributed by atoms with E-state index in [1.807, 2.05) is 43.7 Å². The Morgan fingerprint density at radius 3 is 2.74 bits per heavy atom. The molecular formula is C27H30ClLiN5O3P-2. The summed E-state index contributed by atoms with van der Waals surface area (Å²) in [7, 11) is -2.52. The van der Waals surface area contributed by atoms with Crippen molar-refractivity contribution in [3.63, 3.8) is 0 Å². The molecule has 0 fully saturated rings. The number of nitrogens with zero attached hydrogens (tertiary/aromatic N) is 3. The van der Waals surface area contributed by atoms with E-state index in [1.54, 1.807) is 24.3 Å². The van der Waals surface area contributed by atoms with Crippen molar-refractivity contribution in [2.45, 2.75) is 6.92 Å². The Hall–Kier alpha value is -2.75. The summed E-state index contributed by atoms with van der Waals surface area (Å²) in [5.41, 5.74) is 2.23. The molecule has 0 saturated carbocycles. The molecule has 0 atom stereocenters. The maximum Gasteiger partial charge on any atom is 1.00 e. The number of benzene rings is 2. The van der Waals surface area contributed by atoms with E-state index < -0.39 is 7.14 Å². The average Bonchev–Trinajstić information content (AvgIpc) is 2.85. The molecule has 1 amide bonds. The van der Waals surface area contributed by atoms with Crippen molar-refractivity contribution in [2.75, 3.05) is 43.7 Å². The number of halogens is 1. The fourth-order valence-electron chi connectivity index (χ4n) is 3.43. The Bertz CT molecular complexity index is 1320. The number of carbonyl (C=O) groups is 1. The van der Waals surface area contributed by atoms with Crippen LogP contribution in [-0.4, -0.2) is 53.8 Å². The third kappa shape index (κ3) is 8.92. The van der Waals surface area contributed by atoms with Crippen molar-refractivity contribution in [3.05, 3.63) is 85.2 Å². The molecule has 0 radical (unpaired) electrons. The number of aromatic nitrogens is 2. The molecule has 0 bridgehead atoms. The molecule has 0 unspecified atom stereocenters. The molecule has 3 rings (SSSR count). The van der Waals surface area contributed by atoms with Gasteiger partial charge in [-0.15, -0.1) is 31.3 Å². The first-order valence-electron chi connectivity index (χ1n) is 11.5. The first kappa shape index (κ1) is 31.5. The van der Waals surface area contributed by atoms with Crippen LogP contribution in [0.25, 0.3) is 0 Å². The van der Waals surface area contributed by atoms with Crippen LogP contribution in [0.4, 0.5) is 23.1 Å². The zero-order chi connectivity index (χ0) is 27.0. The van der Waals surface area contributed by atoms with Gasteiger partial charge in [0.2, 0.25) is 11.9 Å². The minimum atomic E-state index is -2.52. The molecule has 2 N–H and O–H groups in total. The Morgan fingerprint density at radius 2 is 2.05 bits per heavy atom.